The molecule has 35 heavy (non-hydrogen) atoms. The number of benzene rings is 3. The van der Waals surface area contributed by atoms with Crippen molar-refractivity contribution in [3.63, 3.8) is 0 Å². The second-order valence-corrected chi connectivity index (χ2v) is 10.6. The van der Waals surface area contributed by atoms with Gasteiger partial charge in [-0.1, -0.05) is 31.2 Å². The van der Waals surface area contributed by atoms with Gasteiger partial charge in [-0.2, -0.15) is 0 Å². The van der Waals surface area contributed by atoms with E-state index in [4.69, 9.17) is 9.47 Å². The molecule has 0 unspecified atom stereocenters. The minimum atomic E-state index is -0.246. The predicted molar refractivity (Wildman–Crippen MR) is 142 cm³/mol. The van der Waals surface area contributed by atoms with Gasteiger partial charge in [0.05, 0.1) is 10.1 Å². The van der Waals surface area contributed by atoms with E-state index >= 15 is 0 Å². The van der Waals surface area contributed by atoms with Crippen molar-refractivity contribution in [3.05, 3.63) is 77.9 Å². The van der Waals surface area contributed by atoms with Crippen LogP contribution in [0.2, 0.25) is 0 Å². The Balaban J connectivity index is 0.00000289. The SMILES string of the molecule is C[C@@H]1C[C@@H](C)N(CCOc2ccc([C@@H]3Oc4ccc(O)cc4S[C@@H]3c3cccc(O)c3)cc2)C1.Cl. The van der Waals surface area contributed by atoms with Crippen LogP contribution in [-0.4, -0.2) is 40.9 Å². The number of likely N-dealkylation sites (tertiary alicyclic amines) is 1. The maximum absolute atomic E-state index is 10.1. The lowest BCUT2D eigenvalue weighted by molar-refractivity contribution is 0.190. The Morgan fingerprint density at radius 2 is 1.74 bits per heavy atom. The number of phenols is 2. The van der Waals surface area contributed by atoms with Crippen LogP contribution in [-0.2, 0) is 0 Å². The summed E-state index contributed by atoms with van der Waals surface area (Å²) in [6, 6.07) is 21.2. The predicted octanol–water partition coefficient (Wildman–Crippen LogP) is 6.60. The summed E-state index contributed by atoms with van der Waals surface area (Å²) in [6.07, 6.45) is 1.02. The monoisotopic (exact) mass is 513 g/mol. The molecular weight excluding hydrogens is 482 g/mol. The highest BCUT2D eigenvalue weighted by Gasteiger charge is 2.34. The van der Waals surface area contributed by atoms with Crippen molar-refractivity contribution in [1.82, 2.24) is 4.90 Å². The summed E-state index contributed by atoms with van der Waals surface area (Å²) >= 11 is 1.64. The molecule has 7 heteroatoms. The van der Waals surface area contributed by atoms with Gasteiger partial charge >= 0.3 is 0 Å². The maximum Gasteiger partial charge on any atom is 0.140 e. The number of phenolic OH excluding ortho intramolecular Hbond substituents is 2. The highest BCUT2D eigenvalue weighted by atomic mass is 35.5. The van der Waals surface area contributed by atoms with Crippen molar-refractivity contribution in [2.75, 3.05) is 19.7 Å². The van der Waals surface area contributed by atoms with E-state index in [1.54, 1.807) is 42.1 Å². The van der Waals surface area contributed by atoms with Crippen molar-refractivity contribution < 1.29 is 19.7 Å². The summed E-state index contributed by atoms with van der Waals surface area (Å²) in [5.41, 5.74) is 2.01. The molecule has 2 heterocycles. The van der Waals surface area contributed by atoms with Crippen LogP contribution in [0.5, 0.6) is 23.0 Å². The Morgan fingerprint density at radius 1 is 0.971 bits per heavy atom. The van der Waals surface area contributed by atoms with Crippen molar-refractivity contribution in [2.24, 2.45) is 5.92 Å². The third kappa shape index (κ3) is 5.83. The van der Waals surface area contributed by atoms with Gasteiger partial charge in [-0.15, -0.1) is 24.2 Å². The molecule has 186 valence electrons. The quantitative estimate of drug-likeness (QED) is 0.387. The molecule has 0 radical (unpaired) electrons. The molecular formula is C28H32ClNO4S. The fourth-order valence-electron chi connectivity index (χ4n) is 5.00. The molecule has 0 aliphatic carbocycles. The molecule has 1 fully saturated rings. The topological polar surface area (TPSA) is 62.2 Å². The van der Waals surface area contributed by atoms with Gasteiger partial charge in [0.15, 0.2) is 0 Å². The minimum absolute atomic E-state index is 0. The van der Waals surface area contributed by atoms with Crippen molar-refractivity contribution in [3.8, 4) is 23.0 Å². The van der Waals surface area contributed by atoms with Crippen LogP contribution in [0.25, 0.3) is 0 Å². The van der Waals surface area contributed by atoms with Gasteiger partial charge in [-0.25, -0.2) is 0 Å². The molecule has 2 N–H and O–H groups in total. The molecule has 3 aromatic rings. The first-order valence-corrected chi connectivity index (χ1v) is 12.8. The van der Waals surface area contributed by atoms with E-state index < -0.39 is 0 Å². The molecule has 2 aliphatic heterocycles. The highest BCUT2D eigenvalue weighted by Crippen LogP contribution is 2.54. The third-order valence-electron chi connectivity index (χ3n) is 6.68. The Kier molecular flexibility index (Phi) is 8.05. The molecule has 0 aromatic heterocycles. The fourth-order valence-corrected chi connectivity index (χ4v) is 6.32. The summed E-state index contributed by atoms with van der Waals surface area (Å²) in [4.78, 5) is 3.39. The molecule has 0 spiro atoms. The lowest BCUT2D eigenvalue weighted by Gasteiger charge is -2.34. The smallest absolute Gasteiger partial charge is 0.140 e. The van der Waals surface area contributed by atoms with E-state index in [0.717, 1.165) is 46.5 Å². The van der Waals surface area contributed by atoms with Crippen LogP contribution in [0.1, 0.15) is 42.7 Å². The van der Waals surface area contributed by atoms with Crippen LogP contribution >= 0.6 is 24.2 Å². The minimum Gasteiger partial charge on any atom is -0.508 e. The van der Waals surface area contributed by atoms with Crippen LogP contribution in [0, 0.1) is 5.92 Å². The first kappa shape index (κ1) is 25.5. The highest BCUT2D eigenvalue weighted by molar-refractivity contribution is 7.99. The molecule has 5 nitrogen and oxygen atoms in total. The Morgan fingerprint density at radius 3 is 2.46 bits per heavy atom. The van der Waals surface area contributed by atoms with E-state index in [-0.39, 0.29) is 35.3 Å². The molecule has 5 rings (SSSR count). The second-order valence-electron chi connectivity index (χ2n) is 9.41. The first-order valence-electron chi connectivity index (χ1n) is 11.9. The van der Waals surface area contributed by atoms with Crippen molar-refractivity contribution >= 4 is 24.2 Å². The average Bonchev–Trinajstić information content (AvgIpc) is 3.15. The van der Waals surface area contributed by atoms with Crippen LogP contribution < -0.4 is 9.47 Å². The number of fused-ring (bicyclic) bond motifs is 1. The summed E-state index contributed by atoms with van der Waals surface area (Å²) in [5, 5.41) is 19.9. The van der Waals surface area contributed by atoms with Gasteiger partial charge in [0.25, 0.3) is 0 Å². The Hall–Kier alpha value is -2.54. The van der Waals surface area contributed by atoms with E-state index in [0.29, 0.717) is 12.6 Å². The fraction of sp³-hybridized carbons (Fsp3) is 0.357. The van der Waals surface area contributed by atoms with Crippen LogP contribution in [0.15, 0.2) is 71.6 Å². The molecule has 4 atom stereocenters. The number of rotatable bonds is 6. The van der Waals surface area contributed by atoms with E-state index in [1.165, 1.54) is 6.42 Å². The Bertz CT molecular complexity index is 1140. The lowest BCUT2D eigenvalue weighted by Crippen LogP contribution is -2.31. The van der Waals surface area contributed by atoms with Crippen LogP contribution in [0.4, 0.5) is 0 Å². The van der Waals surface area contributed by atoms with Gasteiger partial charge in [-0.3, -0.25) is 4.90 Å². The number of thioether (sulfide) groups is 1. The number of nitrogens with zero attached hydrogens (tertiary/aromatic N) is 1. The third-order valence-corrected chi connectivity index (χ3v) is 8.02. The van der Waals surface area contributed by atoms with Crippen LogP contribution in [0.3, 0.4) is 0 Å². The number of halogens is 1. The molecule has 3 aromatic carbocycles. The van der Waals surface area contributed by atoms with Gasteiger partial charge in [0.1, 0.15) is 35.7 Å². The number of hydrogen-bond acceptors (Lipinski definition) is 6. The lowest BCUT2D eigenvalue weighted by atomic mass is 10.00. The second kappa shape index (κ2) is 11.0. The zero-order valence-electron chi connectivity index (χ0n) is 20.0. The standard InChI is InChI=1S/C28H31NO4S.ClH/c1-18-14-19(2)29(17-18)12-13-32-24-9-6-20(7-10-24)27-28(21-4-3-5-22(30)15-21)34-26-16-23(31)8-11-25(26)33-27;/h3-11,15-16,18-19,27-28,30-31H,12-14,17H2,1-2H3;1H/t18-,19-,27+,28-;/m1./s1. The van der Waals surface area contributed by atoms with E-state index in [9.17, 15) is 10.2 Å². The maximum atomic E-state index is 10.1. The Labute approximate surface area is 217 Å². The van der Waals surface area contributed by atoms with Crippen molar-refractivity contribution in [2.45, 2.75) is 42.6 Å². The zero-order valence-corrected chi connectivity index (χ0v) is 21.6. The molecule has 0 amide bonds. The van der Waals surface area contributed by atoms with Gasteiger partial charge in [0, 0.05) is 19.1 Å². The molecule has 0 saturated carbocycles. The van der Waals surface area contributed by atoms with E-state index in [2.05, 4.69) is 30.9 Å². The number of hydrogen-bond donors (Lipinski definition) is 2. The normalized spacial score (nSPS) is 23.7. The summed E-state index contributed by atoms with van der Waals surface area (Å²) in [6.45, 7) is 7.37. The molecule has 1 saturated heterocycles. The van der Waals surface area contributed by atoms with Crippen molar-refractivity contribution in [1.29, 1.82) is 0 Å². The largest absolute Gasteiger partial charge is 0.508 e. The van der Waals surface area contributed by atoms with E-state index in [1.807, 2.05) is 24.3 Å². The van der Waals surface area contributed by atoms with Gasteiger partial charge < -0.3 is 19.7 Å². The average molecular weight is 514 g/mol. The summed E-state index contributed by atoms with van der Waals surface area (Å²) in [7, 11) is 0. The summed E-state index contributed by atoms with van der Waals surface area (Å²) in [5.74, 6) is 2.80. The molecule has 0 bridgehead atoms. The summed E-state index contributed by atoms with van der Waals surface area (Å²) < 4.78 is 12.5. The first-order chi connectivity index (χ1) is 16.5. The number of ether oxygens (including phenoxy) is 2. The van der Waals surface area contributed by atoms with Gasteiger partial charge in [-0.05, 0) is 72.9 Å². The zero-order chi connectivity index (χ0) is 23.7. The number of aromatic hydroxyl groups is 2. The van der Waals surface area contributed by atoms with Gasteiger partial charge in [0.2, 0.25) is 0 Å². The molecule has 2 aliphatic rings.